The molecule has 0 radical (unpaired) electrons. The Morgan fingerprint density at radius 1 is 1.25 bits per heavy atom. The summed E-state index contributed by atoms with van der Waals surface area (Å²) in [5.74, 6) is 0.624. The number of likely N-dealkylation sites (N-methyl/N-ethyl adjacent to an activating group) is 1. The molecule has 2 nitrogen and oxygen atoms in total. The van der Waals surface area contributed by atoms with E-state index in [1.165, 1.54) is 12.1 Å². The first-order chi connectivity index (χ1) is 9.65. The third kappa shape index (κ3) is 3.38. The molecule has 1 unspecified atom stereocenters. The first-order valence-electron chi connectivity index (χ1n) is 6.39. The highest BCUT2D eigenvalue weighted by molar-refractivity contribution is 9.10. The number of benzene rings is 2. The van der Waals surface area contributed by atoms with Crippen molar-refractivity contribution in [3.05, 3.63) is 63.9 Å². The van der Waals surface area contributed by atoms with E-state index in [4.69, 9.17) is 4.74 Å². The zero-order chi connectivity index (χ0) is 14.5. The molecule has 2 rings (SSSR count). The Morgan fingerprint density at radius 3 is 2.65 bits per heavy atom. The predicted molar refractivity (Wildman–Crippen MR) is 82.6 cm³/mol. The lowest BCUT2D eigenvalue weighted by Crippen LogP contribution is -2.19. The first kappa shape index (κ1) is 15.0. The van der Waals surface area contributed by atoms with Crippen molar-refractivity contribution >= 4 is 15.9 Å². The van der Waals surface area contributed by atoms with Crippen LogP contribution in [0.3, 0.4) is 0 Å². The van der Waals surface area contributed by atoms with Crippen molar-refractivity contribution in [3.63, 3.8) is 0 Å². The lowest BCUT2D eigenvalue weighted by atomic mass is 9.98. The summed E-state index contributed by atoms with van der Waals surface area (Å²) in [6.07, 6.45) is 0.769. The summed E-state index contributed by atoms with van der Waals surface area (Å²) in [6.45, 7) is 0. The van der Waals surface area contributed by atoms with Gasteiger partial charge in [-0.2, -0.15) is 0 Å². The summed E-state index contributed by atoms with van der Waals surface area (Å²) < 4.78 is 19.3. The van der Waals surface area contributed by atoms with Crippen LogP contribution in [0.15, 0.2) is 46.9 Å². The van der Waals surface area contributed by atoms with Gasteiger partial charge in [0.05, 0.1) is 7.11 Å². The lowest BCUT2D eigenvalue weighted by Gasteiger charge is -2.19. The fourth-order valence-corrected chi connectivity index (χ4v) is 2.87. The van der Waals surface area contributed by atoms with E-state index in [0.29, 0.717) is 0 Å². The van der Waals surface area contributed by atoms with E-state index in [9.17, 15) is 4.39 Å². The Bertz CT molecular complexity index is 588. The summed E-state index contributed by atoms with van der Waals surface area (Å²) in [4.78, 5) is 0. The van der Waals surface area contributed by atoms with E-state index in [1.807, 2.05) is 31.3 Å². The molecule has 0 aliphatic rings. The van der Waals surface area contributed by atoms with Crippen LogP contribution in [0.25, 0.3) is 0 Å². The molecule has 4 heteroatoms. The van der Waals surface area contributed by atoms with Crippen LogP contribution >= 0.6 is 15.9 Å². The van der Waals surface area contributed by atoms with Crippen LogP contribution in [0.5, 0.6) is 5.75 Å². The molecular formula is C16H17BrFNO. The summed E-state index contributed by atoms with van der Waals surface area (Å²) in [5.41, 5.74) is 2.14. The zero-order valence-electron chi connectivity index (χ0n) is 11.5. The molecule has 2 aromatic rings. The highest BCUT2D eigenvalue weighted by Crippen LogP contribution is 2.29. The van der Waals surface area contributed by atoms with Gasteiger partial charge in [0.15, 0.2) is 0 Å². The average Bonchev–Trinajstić information content (AvgIpc) is 2.46. The number of rotatable bonds is 5. The summed E-state index contributed by atoms with van der Waals surface area (Å²) in [7, 11) is 3.57. The highest BCUT2D eigenvalue weighted by atomic mass is 79.9. The van der Waals surface area contributed by atoms with Gasteiger partial charge in [0.25, 0.3) is 0 Å². The molecule has 0 bridgehead atoms. The third-order valence-electron chi connectivity index (χ3n) is 3.30. The molecule has 0 aromatic heterocycles. The molecule has 0 aliphatic heterocycles. The van der Waals surface area contributed by atoms with E-state index in [-0.39, 0.29) is 11.9 Å². The van der Waals surface area contributed by atoms with Gasteiger partial charge in [-0.3, -0.25) is 0 Å². The number of ether oxygens (including phenoxy) is 1. The van der Waals surface area contributed by atoms with Gasteiger partial charge in [-0.15, -0.1) is 0 Å². The van der Waals surface area contributed by atoms with Crippen LogP contribution in [0.1, 0.15) is 17.2 Å². The number of para-hydroxylation sites is 1. The van der Waals surface area contributed by atoms with Gasteiger partial charge in [0, 0.05) is 10.5 Å². The predicted octanol–water partition coefficient (Wildman–Crippen LogP) is 4.10. The van der Waals surface area contributed by atoms with Crippen LogP contribution in [0.2, 0.25) is 0 Å². The van der Waals surface area contributed by atoms with Crippen LogP contribution in [0, 0.1) is 5.82 Å². The minimum atomic E-state index is -0.243. The third-order valence-corrected chi connectivity index (χ3v) is 3.99. The molecule has 1 N–H and O–H groups in total. The van der Waals surface area contributed by atoms with Crippen molar-refractivity contribution in [3.8, 4) is 5.75 Å². The molecule has 1 atom stereocenters. The quantitative estimate of drug-likeness (QED) is 0.886. The molecule has 2 aromatic carbocycles. The molecular weight excluding hydrogens is 321 g/mol. The van der Waals surface area contributed by atoms with Crippen molar-refractivity contribution in [1.82, 2.24) is 5.32 Å². The maximum atomic E-state index is 13.2. The van der Waals surface area contributed by atoms with Crippen molar-refractivity contribution in [1.29, 1.82) is 0 Å². The average molecular weight is 338 g/mol. The Labute approximate surface area is 127 Å². The number of nitrogens with one attached hydrogen (secondary N) is 1. The normalized spacial score (nSPS) is 12.2. The largest absolute Gasteiger partial charge is 0.496 e. The number of hydrogen-bond acceptors (Lipinski definition) is 2. The minimum absolute atomic E-state index is 0.0845. The Morgan fingerprint density at radius 2 is 2.00 bits per heavy atom. The fraction of sp³-hybridized carbons (Fsp3) is 0.250. The van der Waals surface area contributed by atoms with Gasteiger partial charge in [-0.05, 0) is 42.8 Å². The number of hydrogen-bond donors (Lipinski definition) is 1. The van der Waals surface area contributed by atoms with Crippen molar-refractivity contribution in [2.45, 2.75) is 12.5 Å². The van der Waals surface area contributed by atoms with Gasteiger partial charge in [0.2, 0.25) is 0 Å². The van der Waals surface area contributed by atoms with E-state index >= 15 is 0 Å². The second-order valence-electron chi connectivity index (χ2n) is 4.52. The minimum Gasteiger partial charge on any atom is -0.496 e. The van der Waals surface area contributed by atoms with Gasteiger partial charge < -0.3 is 10.1 Å². The molecule has 106 valence electrons. The maximum absolute atomic E-state index is 13.2. The smallest absolute Gasteiger partial charge is 0.124 e. The number of halogens is 2. The molecule has 0 heterocycles. The van der Waals surface area contributed by atoms with Gasteiger partial charge in [0.1, 0.15) is 11.6 Å². The van der Waals surface area contributed by atoms with Gasteiger partial charge in [-0.1, -0.05) is 40.2 Å². The van der Waals surface area contributed by atoms with E-state index < -0.39 is 0 Å². The van der Waals surface area contributed by atoms with Crippen LogP contribution < -0.4 is 10.1 Å². The van der Waals surface area contributed by atoms with Crippen LogP contribution in [0.4, 0.5) is 4.39 Å². The second-order valence-corrected chi connectivity index (χ2v) is 5.38. The Hall–Kier alpha value is -1.39. The Balaban J connectivity index is 2.29. The van der Waals surface area contributed by atoms with Crippen LogP contribution in [-0.4, -0.2) is 14.2 Å². The van der Waals surface area contributed by atoms with E-state index in [2.05, 4.69) is 21.2 Å². The first-order valence-corrected chi connectivity index (χ1v) is 7.19. The van der Waals surface area contributed by atoms with E-state index in [1.54, 1.807) is 13.2 Å². The molecule has 0 fully saturated rings. The lowest BCUT2D eigenvalue weighted by molar-refractivity contribution is 0.406. The molecule has 0 saturated carbocycles. The molecule has 0 spiro atoms. The monoisotopic (exact) mass is 337 g/mol. The molecule has 20 heavy (non-hydrogen) atoms. The Kier molecular flexibility index (Phi) is 5.15. The topological polar surface area (TPSA) is 21.3 Å². The zero-order valence-corrected chi connectivity index (χ0v) is 13.1. The van der Waals surface area contributed by atoms with Gasteiger partial charge in [-0.25, -0.2) is 4.39 Å². The number of methoxy groups -OCH3 is 1. The second kappa shape index (κ2) is 6.86. The highest BCUT2D eigenvalue weighted by Gasteiger charge is 2.15. The summed E-state index contributed by atoms with van der Waals surface area (Å²) >= 11 is 3.43. The standard InChI is InChI=1S/C16H17BrFNO/c1-19-15(13-8-7-12(18)10-14(13)17)9-11-5-3-4-6-16(11)20-2/h3-8,10,15,19H,9H2,1-2H3. The van der Waals surface area contributed by atoms with Crippen LogP contribution in [-0.2, 0) is 6.42 Å². The SMILES string of the molecule is CNC(Cc1ccccc1OC)c1ccc(F)cc1Br. The van der Waals surface area contributed by atoms with Crippen molar-refractivity contribution in [2.24, 2.45) is 0 Å². The van der Waals surface area contributed by atoms with Gasteiger partial charge >= 0.3 is 0 Å². The molecule has 0 amide bonds. The van der Waals surface area contributed by atoms with E-state index in [0.717, 1.165) is 27.8 Å². The van der Waals surface area contributed by atoms with Crippen molar-refractivity contribution in [2.75, 3.05) is 14.2 Å². The fourth-order valence-electron chi connectivity index (χ4n) is 2.24. The molecule has 0 aliphatic carbocycles. The summed E-state index contributed by atoms with van der Waals surface area (Å²) in [6, 6.07) is 12.8. The maximum Gasteiger partial charge on any atom is 0.124 e. The summed E-state index contributed by atoms with van der Waals surface area (Å²) in [5, 5.41) is 3.27. The van der Waals surface area contributed by atoms with Crippen molar-refractivity contribution < 1.29 is 9.13 Å². The molecule has 0 saturated heterocycles.